The summed E-state index contributed by atoms with van der Waals surface area (Å²) in [5.41, 5.74) is 1.98. The zero-order valence-electron chi connectivity index (χ0n) is 23.2. The van der Waals surface area contributed by atoms with Gasteiger partial charge in [0.2, 0.25) is 5.91 Å². The first-order chi connectivity index (χ1) is 21.3. The summed E-state index contributed by atoms with van der Waals surface area (Å²) in [6, 6.07) is 12.7. The number of benzene rings is 2. The Morgan fingerprint density at radius 3 is 2.47 bits per heavy atom. The monoisotopic (exact) mass is 648 g/mol. The van der Waals surface area contributed by atoms with Crippen molar-refractivity contribution >= 4 is 40.2 Å². The maximum absolute atomic E-state index is 12.8. The van der Waals surface area contributed by atoms with E-state index in [1.54, 1.807) is 55.6 Å². The van der Waals surface area contributed by atoms with E-state index < -0.39 is 43.1 Å². The first-order valence-corrected chi connectivity index (χ1v) is 14.0. The number of nitrogens with one attached hydrogen (secondary N) is 1. The summed E-state index contributed by atoms with van der Waals surface area (Å²) in [5.74, 6) is -0.176. The van der Waals surface area contributed by atoms with Crippen LogP contribution >= 0.6 is 11.8 Å². The molecule has 4 aromatic rings. The van der Waals surface area contributed by atoms with Crippen molar-refractivity contribution in [3.63, 3.8) is 0 Å². The van der Waals surface area contributed by atoms with Crippen LogP contribution in [0.3, 0.4) is 0 Å². The molecule has 234 valence electrons. The number of anilines is 2. The first kappa shape index (κ1) is 31.7. The molecule has 0 saturated carbocycles. The number of amides is 3. The van der Waals surface area contributed by atoms with Gasteiger partial charge in [0.05, 0.1) is 29.3 Å². The minimum Gasteiger partial charge on any atom is -0.367 e. The third kappa shape index (κ3) is 7.88. The molecule has 9 nitrogen and oxygen atoms in total. The summed E-state index contributed by atoms with van der Waals surface area (Å²) < 4.78 is 82.5. The normalized spacial score (nSPS) is 14.8. The van der Waals surface area contributed by atoms with Crippen molar-refractivity contribution in [1.29, 1.82) is 0 Å². The smallest absolute Gasteiger partial charge is 0.367 e. The van der Waals surface area contributed by atoms with Gasteiger partial charge in [-0.25, -0.2) is 14.8 Å². The number of alkyl halides is 6. The van der Waals surface area contributed by atoms with E-state index in [1.807, 2.05) is 0 Å². The van der Waals surface area contributed by atoms with Gasteiger partial charge in [0.25, 0.3) is 0 Å². The van der Waals surface area contributed by atoms with E-state index in [0.717, 1.165) is 29.6 Å². The first-order valence-electron chi connectivity index (χ1n) is 13.0. The lowest BCUT2D eigenvalue weighted by Crippen LogP contribution is -2.31. The molecule has 1 saturated heterocycles. The number of aromatic nitrogens is 3. The van der Waals surface area contributed by atoms with Crippen molar-refractivity contribution in [2.24, 2.45) is 4.99 Å². The topological polar surface area (TPSA) is 102 Å². The number of ether oxygens (including phenoxy) is 1. The highest BCUT2D eigenvalue weighted by Gasteiger charge is 2.33. The van der Waals surface area contributed by atoms with Crippen molar-refractivity contribution in [3.05, 3.63) is 90.0 Å². The molecule has 1 fully saturated rings. The van der Waals surface area contributed by atoms with Crippen molar-refractivity contribution in [2.45, 2.75) is 25.9 Å². The molecule has 1 aliphatic rings. The van der Waals surface area contributed by atoms with Crippen LogP contribution in [0, 0.1) is 6.92 Å². The molecule has 2 aromatic heterocycles. The Bertz CT molecular complexity index is 1740. The minimum absolute atomic E-state index is 0.0216. The molecule has 45 heavy (non-hydrogen) atoms. The van der Waals surface area contributed by atoms with Gasteiger partial charge in [0.15, 0.2) is 5.17 Å². The van der Waals surface area contributed by atoms with Crippen LogP contribution in [0.1, 0.15) is 16.7 Å². The van der Waals surface area contributed by atoms with E-state index in [4.69, 9.17) is 4.74 Å². The van der Waals surface area contributed by atoms with E-state index in [1.165, 1.54) is 21.9 Å². The third-order valence-electron chi connectivity index (χ3n) is 6.32. The van der Waals surface area contributed by atoms with E-state index >= 15 is 0 Å². The Hall–Kier alpha value is -4.70. The molecule has 0 atom stereocenters. The zero-order chi connectivity index (χ0) is 32.4. The summed E-state index contributed by atoms with van der Waals surface area (Å²) in [7, 11) is 0. The standard InChI is InChI=1S/C29H22F6N6O3S/c1-17-2-3-19(13-44-15-28(30,31)32)23(10-17)41-25(42)14-45-27(41)39-26(43)38-21-7-4-18(5-8-21)22-12-40(16-37-22)24-9-6-20(11-36-24)29(33,34)35/h2-12,16H,13-15H2,1H3,(H,38,43). The number of hydrogen-bond donors (Lipinski definition) is 1. The fourth-order valence-electron chi connectivity index (χ4n) is 4.23. The summed E-state index contributed by atoms with van der Waals surface area (Å²) >= 11 is 1.01. The van der Waals surface area contributed by atoms with Crippen LogP contribution in [0.25, 0.3) is 17.1 Å². The number of halogens is 6. The number of pyridine rings is 1. The quantitative estimate of drug-likeness (QED) is 0.217. The van der Waals surface area contributed by atoms with Crippen LogP contribution in [0.15, 0.2) is 78.3 Å². The number of aliphatic imine (C=N–C) groups is 1. The molecule has 0 spiro atoms. The van der Waals surface area contributed by atoms with Crippen molar-refractivity contribution in [2.75, 3.05) is 22.6 Å². The maximum Gasteiger partial charge on any atom is 0.417 e. The number of nitrogens with zero attached hydrogens (tertiary/aromatic N) is 5. The molecular formula is C29H22F6N6O3S. The number of carbonyl (C=O) groups is 2. The molecule has 16 heteroatoms. The van der Waals surface area contributed by atoms with Gasteiger partial charge in [-0.15, -0.1) is 0 Å². The van der Waals surface area contributed by atoms with Gasteiger partial charge >= 0.3 is 18.4 Å². The SMILES string of the molecule is Cc1ccc(COCC(F)(F)F)c(N2C(=O)CSC2=NC(=O)Nc2ccc(-c3cn(-c4ccc(C(F)(F)F)cn4)cn3)cc2)c1. The second-order valence-corrected chi connectivity index (χ2v) is 10.7. The average molecular weight is 649 g/mol. The Labute approximate surface area is 255 Å². The highest BCUT2D eigenvalue weighted by Crippen LogP contribution is 2.32. The van der Waals surface area contributed by atoms with Gasteiger partial charge in [-0.05, 0) is 42.8 Å². The average Bonchev–Trinajstić information content (AvgIpc) is 3.60. The summed E-state index contributed by atoms with van der Waals surface area (Å²) in [4.78, 5) is 38.9. The van der Waals surface area contributed by atoms with Crippen LogP contribution in [0.2, 0.25) is 0 Å². The Morgan fingerprint density at radius 1 is 1.04 bits per heavy atom. The lowest BCUT2D eigenvalue weighted by atomic mass is 10.1. The largest absolute Gasteiger partial charge is 0.417 e. The number of urea groups is 1. The Balaban J connectivity index is 1.27. The molecule has 3 heterocycles. The molecule has 1 aliphatic heterocycles. The Kier molecular flexibility index (Phi) is 8.97. The van der Waals surface area contributed by atoms with Gasteiger partial charge in [-0.3, -0.25) is 14.3 Å². The zero-order valence-corrected chi connectivity index (χ0v) is 24.0. The van der Waals surface area contributed by atoms with Crippen molar-refractivity contribution in [3.8, 4) is 17.1 Å². The number of imidazole rings is 1. The van der Waals surface area contributed by atoms with Crippen LogP contribution in [-0.2, 0) is 22.3 Å². The fourth-order valence-corrected chi connectivity index (χ4v) is 5.09. The summed E-state index contributed by atoms with van der Waals surface area (Å²) in [5, 5.41) is 2.66. The predicted molar refractivity (Wildman–Crippen MR) is 155 cm³/mol. The lowest BCUT2D eigenvalue weighted by Gasteiger charge is -2.20. The molecular weight excluding hydrogens is 626 g/mol. The summed E-state index contributed by atoms with van der Waals surface area (Å²) in [6.45, 7) is -0.112. The number of thioether (sulfide) groups is 1. The number of hydrogen-bond acceptors (Lipinski definition) is 6. The van der Waals surface area contributed by atoms with Crippen molar-refractivity contribution < 1.29 is 40.7 Å². The second-order valence-electron chi connectivity index (χ2n) is 9.73. The van der Waals surface area contributed by atoms with Crippen LogP contribution in [0.4, 0.5) is 42.5 Å². The number of aryl methyl sites for hydroxylation is 1. The van der Waals surface area contributed by atoms with Gasteiger partial charge in [-0.2, -0.15) is 31.3 Å². The van der Waals surface area contributed by atoms with E-state index in [2.05, 4.69) is 20.3 Å². The highest BCUT2D eigenvalue weighted by molar-refractivity contribution is 8.15. The highest BCUT2D eigenvalue weighted by atomic mass is 32.2. The van der Waals surface area contributed by atoms with Crippen LogP contribution < -0.4 is 10.2 Å². The fraction of sp³-hybridized carbons (Fsp3) is 0.207. The maximum atomic E-state index is 12.8. The van der Waals surface area contributed by atoms with Gasteiger partial charge in [0.1, 0.15) is 18.8 Å². The van der Waals surface area contributed by atoms with Gasteiger partial charge in [0, 0.05) is 29.2 Å². The lowest BCUT2D eigenvalue weighted by molar-refractivity contribution is -0.176. The van der Waals surface area contributed by atoms with Crippen LogP contribution in [-0.4, -0.2) is 50.2 Å². The third-order valence-corrected chi connectivity index (χ3v) is 7.25. The van der Waals surface area contributed by atoms with Gasteiger partial charge < -0.3 is 10.1 Å². The van der Waals surface area contributed by atoms with E-state index in [9.17, 15) is 35.9 Å². The second kappa shape index (κ2) is 12.7. The molecule has 0 bridgehead atoms. The number of carbonyl (C=O) groups excluding carboxylic acids is 2. The molecule has 3 amide bonds. The van der Waals surface area contributed by atoms with Gasteiger partial charge in [-0.1, -0.05) is 36.0 Å². The van der Waals surface area contributed by atoms with E-state index in [0.29, 0.717) is 22.5 Å². The Morgan fingerprint density at radius 2 is 1.80 bits per heavy atom. The number of amidine groups is 1. The molecule has 0 aliphatic carbocycles. The molecule has 0 radical (unpaired) electrons. The minimum atomic E-state index is -4.51. The molecule has 0 unspecified atom stereocenters. The van der Waals surface area contributed by atoms with E-state index in [-0.39, 0.29) is 22.4 Å². The molecule has 5 rings (SSSR count). The molecule has 1 N–H and O–H groups in total. The summed E-state index contributed by atoms with van der Waals surface area (Å²) in [6.07, 6.45) is -5.27. The van der Waals surface area contributed by atoms with Crippen LogP contribution in [0.5, 0.6) is 0 Å². The predicted octanol–water partition coefficient (Wildman–Crippen LogP) is 7.01. The molecule has 2 aromatic carbocycles. The van der Waals surface area contributed by atoms with Crippen molar-refractivity contribution in [1.82, 2.24) is 14.5 Å². The number of rotatable bonds is 7.